The first-order valence-electron chi connectivity index (χ1n) is 8.64. The number of rotatable bonds is 2. The van der Waals surface area contributed by atoms with E-state index in [0.717, 1.165) is 5.56 Å². The van der Waals surface area contributed by atoms with Gasteiger partial charge >= 0.3 is 0 Å². The Morgan fingerprint density at radius 2 is 1.35 bits per heavy atom. The Morgan fingerprint density at radius 1 is 0.615 bits per heavy atom. The fourth-order valence-electron chi connectivity index (χ4n) is 3.65. The van der Waals surface area contributed by atoms with Crippen LogP contribution in [0.15, 0.2) is 85.5 Å². The molecule has 26 heavy (non-hydrogen) atoms. The molecular weight excluding hydrogens is 318 g/mol. The molecule has 0 aliphatic carbocycles. The average Bonchev–Trinajstić information content (AvgIpc) is 3.01. The second-order valence-electron chi connectivity index (χ2n) is 6.51. The van der Waals surface area contributed by atoms with Crippen molar-refractivity contribution in [2.24, 2.45) is 7.05 Å². The summed E-state index contributed by atoms with van der Waals surface area (Å²) in [6, 6.07) is 21.4. The number of pyridine rings is 2. The van der Waals surface area contributed by atoms with Crippen LogP contribution in [0.4, 0.5) is 0 Å². The SMILES string of the molecule is Cn1c2ccncc2c2cc(-c3cccc(-c4cccnc4)c3)ccc21. The van der Waals surface area contributed by atoms with Gasteiger partial charge in [-0.1, -0.05) is 30.3 Å². The third-order valence-corrected chi connectivity index (χ3v) is 5.00. The summed E-state index contributed by atoms with van der Waals surface area (Å²) in [5.74, 6) is 0. The molecule has 0 spiro atoms. The van der Waals surface area contributed by atoms with Gasteiger partial charge in [-0.3, -0.25) is 9.97 Å². The Morgan fingerprint density at radius 3 is 2.19 bits per heavy atom. The van der Waals surface area contributed by atoms with Gasteiger partial charge in [0.1, 0.15) is 0 Å². The van der Waals surface area contributed by atoms with Crippen LogP contribution in [0.5, 0.6) is 0 Å². The molecule has 0 aliphatic heterocycles. The van der Waals surface area contributed by atoms with E-state index in [4.69, 9.17) is 0 Å². The van der Waals surface area contributed by atoms with E-state index in [1.807, 2.05) is 24.7 Å². The van der Waals surface area contributed by atoms with Crippen molar-refractivity contribution in [3.05, 3.63) is 85.5 Å². The lowest BCUT2D eigenvalue weighted by Gasteiger charge is -2.07. The van der Waals surface area contributed by atoms with Crippen molar-refractivity contribution < 1.29 is 0 Å². The largest absolute Gasteiger partial charge is 0.344 e. The van der Waals surface area contributed by atoms with Crippen LogP contribution in [0, 0.1) is 0 Å². The molecule has 0 bridgehead atoms. The minimum Gasteiger partial charge on any atom is -0.344 e. The molecule has 0 N–H and O–H groups in total. The Balaban J connectivity index is 1.69. The highest BCUT2D eigenvalue weighted by Gasteiger charge is 2.10. The maximum atomic E-state index is 4.31. The minimum absolute atomic E-state index is 1.13. The number of benzene rings is 2. The van der Waals surface area contributed by atoms with E-state index < -0.39 is 0 Å². The molecule has 3 heteroatoms. The third-order valence-electron chi connectivity index (χ3n) is 5.00. The molecule has 5 aromatic rings. The van der Waals surface area contributed by atoms with Crippen LogP contribution in [-0.4, -0.2) is 14.5 Å². The van der Waals surface area contributed by atoms with E-state index in [2.05, 4.69) is 76.2 Å². The van der Waals surface area contributed by atoms with E-state index in [1.54, 1.807) is 6.20 Å². The second kappa shape index (κ2) is 5.81. The monoisotopic (exact) mass is 335 g/mol. The van der Waals surface area contributed by atoms with Gasteiger partial charge in [-0.2, -0.15) is 0 Å². The quantitative estimate of drug-likeness (QED) is 0.429. The van der Waals surface area contributed by atoms with Gasteiger partial charge in [0.05, 0.1) is 5.52 Å². The van der Waals surface area contributed by atoms with Crippen LogP contribution in [0.3, 0.4) is 0 Å². The lowest BCUT2D eigenvalue weighted by atomic mass is 9.99. The van der Waals surface area contributed by atoms with Gasteiger partial charge in [0.25, 0.3) is 0 Å². The van der Waals surface area contributed by atoms with Crippen molar-refractivity contribution in [3.63, 3.8) is 0 Å². The Bertz CT molecular complexity index is 1240. The molecule has 0 fully saturated rings. The molecule has 0 saturated heterocycles. The normalized spacial score (nSPS) is 11.3. The van der Waals surface area contributed by atoms with Gasteiger partial charge in [-0.05, 0) is 47.0 Å². The average molecular weight is 335 g/mol. The number of hydrogen-bond acceptors (Lipinski definition) is 2. The zero-order valence-electron chi connectivity index (χ0n) is 14.4. The van der Waals surface area contributed by atoms with Gasteiger partial charge in [0.15, 0.2) is 0 Å². The van der Waals surface area contributed by atoms with E-state index in [-0.39, 0.29) is 0 Å². The summed E-state index contributed by atoms with van der Waals surface area (Å²) < 4.78 is 2.22. The van der Waals surface area contributed by atoms with Crippen LogP contribution in [0.25, 0.3) is 44.1 Å². The lowest BCUT2D eigenvalue weighted by Crippen LogP contribution is -1.86. The molecular formula is C23H17N3. The van der Waals surface area contributed by atoms with Crippen molar-refractivity contribution in [1.82, 2.24) is 14.5 Å². The lowest BCUT2D eigenvalue weighted by molar-refractivity contribution is 1.01. The minimum atomic E-state index is 1.13. The van der Waals surface area contributed by atoms with E-state index in [0.29, 0.717) is 0 Å². The van der Waals surface area contributed by atoms with Gasteiger partial charge < -0.3 is 4.57 Å². The fraction of sp³-hybridized carbons (Fsp3) is 0.0435. The molecule has 0 atom stereocenters. The number of aryl methyl sites for hydroxylation is 1. The predicted octanol–water partition coefficient (Wildman–Crippen LogP) is 5.46. The second-order valence-corrected chi connectivity index (χ2v) is 6.51. The van der Waals surface area contributed by atoms with E-state index in [9.17, 15) is 0 Å². The summed E-state index contributed by atoms with van der Waals surface area (Å²) >= 11 is 0. The molecule has 0 saturated carbocycles. The molecule has 3 aromatic heterocycles. The van der Waals surface area contributed by atoms with Crippen LogP contribution < -0.4 is 0 Å². The molecule has 3 heterocycles. The zero-order chi connectivity index (χ0) is 17.5. The molecule has 0 aliphatic rings. The van der Waals surface area contributed by atoms with Crippen LogP contribution in [0.1, 0.15) is 0 Å². The summed E-state index contributed by atoms with van der Waals surface area (Å²) in [7, 11) is 2.10. The molecule has 5 rings (SSSR count). The Kier molecular flexibility index (Phi) is 3.32. The first-order valence-corrected chi connectivity index (χ1v) is 8.64. The summed E-state index contributed by atoms with van der Waals surface area (Å²) in [6.07, 6.45) is 7.50. The highest BCUT2D eigenvalue weighted by Crippen LogP contribution is 2.32. The van der Waals surface area contributed by atoms with Gasteiger partial charge in [-0.15, -0.1) is 0 Å². The predicted molar refractivity (Wildman–Crippen MR) is 107 cm³/mol. The molecule has 3 nitrogen and oxygen atoms in total. The maximum absolute atomic E-state index is 4.31. The molecule has 0 radical (unpaired) electrons. The molecule has 0 unspecified atom stereocenters. The maximum Gasteiger partial charge on any atom is 0.0519 e. The summed E-state index contributed by atoms with van der Waals surface area (Å²) in [6.45, 7) is 0. The number of hydrogen-bond donors (Lipinski definition) is 0. The van der Waals surface area contributed by atoms with Gasteiger partial charge in [-0.25, -0.2) is 0 Å². The Labute approximate surface area is 151 Å². The molecule has 0 amide bonds. The highest BCUT2D eigenvalue weighted by molar-refractivity contribution is 6.08. The number of fused-ring (bicyclic) bond motifs is 3. The summed E-state index contributed by atoms with van der Waals surface area (Å²) in [5.41, 5.74) is 7.14. The Hall–Kier alpha value is -3.46. The van der Waals surface area contributed by atoms with Crippen molar-refractivity contribution >= 4 is 21.8 Å². The topological polar surface area (TPSA) is 30.7 Å². The summed E-state index contributed by atoms with van der Waals surface area (Å²) in [4.78, 5) is 8.54. The number of aromatic nitrogens is 3. The zero-order valence-corrected chi connectivity index (χ0v) is 14.4. The summed E-state index contributed by atoms with van der Waals surface area (Å²) in [5, 5.41) is 2.43. The van der Waals surface area contributed by atoms with E-state index in [1.165, 1.54) is 38.5 Å². The standard InChI is InChI=1S/C23H17N3/c1-26-22-8-7-18(13-20(22)21-15-25-11-9-23(21)26)16-4-2-5-17(12-16)19-6-3-10-24-14-19/h2-15H,1H3. The number of nitrogens with zero attached hydrogens (tertiary/aromatic N) is 3. The van der Waals surface area contributed by atoms with Crippen molar-refractivity contribution in [2.75, 3.05) is 0 Å². The van der Waals surface area contributed by atoms with Gasteiger partial charge in [0.2, 0.25) is 0 Å². The van der Waals surface area contributed by atoms with E-state index >= 15 is 0 Å². The fourth-order valence-corrected chi connectivity index (χ4v) is 3.65. The molecule has 2 aromatic carbocycles. The van der Waals surface area contributed by atoms with Crippen molar-refractivity contribution in [2.45, 2.75) is 0 Å². The smallest absolute Gasteiger partial charge is 0.0519 e. The highest BCUT2D eigenvalue weighted by atomic mass is 14.9. The van der Waals surface area contributed by atoms with Gasteiger partial charge in [0, 0.05) is 53.7 Å². The third kappa shape index (κ3) is 2.29. The van der Waals surface area contributed by atoms with Crippen molar-refractivity contribution in [3.8, 4) is 22.3 Å². The van der Waals surface area contributed by atoms with Crippen molar-refractivity contribution in [1.29, 1.82) is 0 Å². The first kappa shape index (κ1) is 14.8. The first-order chi connectivity index (χ1) is 12.8. The molecule has 124 valence electrons. The van der Waals surface area contributed by atoms with Crippen LogP contribution in [0.2, 0.25) is 0 Å². The van der Waals surface area contributed by atoms with Crippen LogP contribution >= 0.6 is 0 Å². The van der Waals surface area contributed by atoms with Crippen LogP contribution in [-0.2, 0) is 7.05 Å².